The molecule has 0 aliphatic rings. The number of para-hydroxylation sites is 1. The van der Waals surface area contributed by atoms with Crippen molar-refractivity contribution in [1.82, 2.24) is 0 Å². The molecule has 0 spiro atoms. The van der Waals surface area contributed by atoms with E-state index in [4.69, 9.17) is 9.47 Å². The fourth-order valence-corrected chi connectivity index (χ4v) is 2.57. The summed E-state index contributed by atoms with van der Waals surface area (Å²) in [5.41, 5.74) is 1.25. The molecule has 0 saturated carbocycles. The van der Waals surface area contributed by atoms with Crippen molar-refractivity contribution in [2.24, 2.45) is 0 Å². The zero-order valence-corrected chi connectivity index (χ0v) is 15.8. The van der Waals surface area contributed by atoms with Crippen molar-refractivity contribution in [2.45, 2.75) is 51.6 Å². The van der Waals surface area contributed by atoms with Crippen molar-refractivity contribution in [3.8, 4) is 11.5 Å². The molecule has 26 heavy (non-hydrogen) atoms. The van der Waals surface area contributed by atoms with Gasteiger partial charge in [0.2, 0.25) is 0 Å². The van der Waals surface area contributed by atoms with Gasteiger partial charge >= 0.3 is 5.97 Å². The molecule has 1 N–H and O–H groups in total. The molecule has 1 unspecified atom stereocenters. The first-order valence-electron chi connectivity index (χ1n) is 9.04. The van der Waals surface area contributed by atoms with Crippen LogP contribution >= 0.6 is 0 Å². The van der Waals surface area contributed by atoms with E-state index in [1.165, 1.54) is 5.56 Å². The Kier molecular flexibility index (Phi) is 7.07. The van der Waals surface area contributed by atoms with E-state index in [1.54, 1.807) is 0 Å². The van der Waals surface area contributed by atoms with Gasteiger partial charge in [0.05, 0.1) is 6.61 Å². The van der Waals surface area contributed by atoms with Crippen LogP contribution in [0.1, 0.15) is 45.6 Å². The summed E-state index contributed by atoms with van der Waals surface area (Å²) in [6.07, 6.45) is 1.12. The highest BCUT2D eigenvalue weighted by Gasteiger charge is 2.19. The molecule has 4 heteroatoms. The third kappa shape index (κ3) is 6.43. The van der Waals surface area contributed by atoms with E-state index in [0.717, 1.165) is 18.6 Å². The molecule has 140 valence electrons. The van der Waals surface area contributed by atoms with Crippen LogP contribution in [-0.2, 0) is 10.2 Å². The van der Waals surface area contributed by atoms with Gasteiger partial charge in [0, 0.05) is 0 Å². The molecule has 0 aromatic heterocycles. The van der Waals surface area contributed by atoms with Crippen LogP contribution in [0.5, 0.6) is 11.5 Å². The average molecular weight is 356 g/mol. The highest BCUT2D eigenvalue weighted by molar-refractivity contribution is 5.72. The number of carboxylic acid groups (broad SMARTS) is 1. The van der Waals surface area contributed by atoms with Crippen LogP contribution < -0.4 is 9.47 Å². The number of unbranched alkanes of at least 4 members (excludes halogenated alkanes) is 1. The molecule has 0 fully saturated rings. The van der Waals surface area contributed by atoms with Crippen molar-refractivity contribution < 1.29 is 19.4 Å². The Bertz CT molecular complexity index is 672. The van der Waals surface area contributed by atoms with Crippen LogP contribution in [-0.4, -0.2) is 23.8 Å². The lowest BCUT2D eigenvalue weighted by Gasteiger charge is -2.20. The van der Waals surface area contributed by atoms with Crippen molar-refractivity contribution in [3.63, 3.8) is 0 Å². The topological polar surface area (TPSA) is 55.8 Å². The summed E-state index contributed by atoms with van der Waals surface area (Å²) in [5, 5.41) is 9.40. The number of hydrogen-bond donors (Lipinski definition) is 1. The van der Waals surface area contributed by atoms with Gasteiger partial charge in [-0.05, 0) is 54.5 Å². The van der Waals surface area contributed by atoms with Crippen molar-refractivity contribution in [1.29, 1.82) is 0 Å². The van der Waals surface area contributed by atoms with E-state index >= 15 is 0 Å². The second-order valence-corrected chi connectivity index (χ2v) is 7.38. The first-order valence-corrected chi connectivity index (χ1v) is 9.04. The molecule has 0 saturated heterocycles. The average Bonchev–Trinajstić information content (AvgIpc) is 2.61. The molecule has 0 aliphatic carbocycles. The number of ether oxygens (including phenoxy) is 2. The SMILES string of the molecule is CC(C)(C)c1ccc(OC(CCCCOc2ccccc2)C(=O)O)cc1. The Morgan fingerprint density at radius 1 is 0.962 bits per heavy atom. The Balaban J connectivity index is 1.78. The number of aliphatic carboxylic acids is 1. The summed E-state index contributed by atoms with van der Waals surface area (Å²) in [4.78, 5) is 11.5. The highest BCUT2D eigenvalue weighted by Crippen LogP contribution is 2.25. The third-order valence-corrected chi connectivity index (χ3v) is 4.15. The lowest BCUT2D eigenvalue weighted by atomic mass is 9.87. The van der Waals surface area contributed by atoms with Gasteiger partial charge < -0.3 is 14.6 Å². The summed E-state index contributed by atoms with van der Waals surface area (Å²) in [7, 11) is 0. The Morgan fingerprint density at radius 2 is 1.62 bits per heavy atom. The molecule has 0 aliphatic heterocycles. The van der Waals surface area contributed by atoms with Gasteiger partial charge in [-0.15, -0.1) is 0 Å². The van der Waals surface area contributed by atoms with Crippen LogP contribution in [0.3, 0.4) is 0 Å². The molecule has 2 aromatic rings. The van der Waals surface area contributed by atoms with Gasteiger partial charge in [-0.25, -0.2) is 4.79 Å². The smallest absolute Gasteiger partial charge is 0.344 e. The molecule has 0 radical (unpaired) electrons. The Morgan fingerprint density at radius 3 is 2.19 bits per heavy atom. The maximum atomic E-state index is 11.5. The summed E-state index contributed by atoms with van der Waals surface area (Å²) in [6.45, 7) is 6.98. The second-order valence-electron chi connectivity index (χ2n) is 7.38. The first-order chi connectivity index (χ1) is 12.4. The fraction of sp³-hybridized carbons (Fsp3) is 0.409. The van der Waals surface area contributed by atoms with Gasteiger partial charge in [0.25, 0.3) is 0 Å². The van der Waals surface area contributed by atoms with Gasteiger partial charge in [-0.2, -0.15) is 0 Å². The molecule has 2 rings (SSSR count). The summed E-state index contributed by atoms with van der Waals surface area (Å²) in [5.74, 6) is 0.484. The molecule has 0 bridgehead atoms. The van der Waals surface area contributed by atoms with E-state index in [0.29, 0.717) is 18.8 Å². The molecular weight excluding hydrogens is 328 g/mol. The number of rotatable bonds is 9. The maximum Gasteiger partial charge on any atom is 0.344 e. The van der Waals surface area contributed by atoms with E-state index in [1.807, 2.05) is 54.6 Å². The van der Waals surface area contributed by atoms with Gasteiger partial charge in [-0.1, -0.05) is 51.1 Å². The minimum Gasteiger partial charge on any atom is -0.494 e. The van der Waals surface area contributed by atoms with Crippen LogP contribution in [0.15, 0.2) is 54.6 Å². The summed E-state index contributed by atoms with van der Waals surface area (Å²) >= 11 is 0. The van der Waals surface area contributed by atoms with Crippen LogP contribution in [0.25, 0.3) is 0 Å². The third-order valence-electron chi connectivity index (χ3n) is 4.15. The van der Waals surface area contributed by atoms with E-state index in [-0.39, 0.29) is 5.41 Å². The molecule has 0 amide bonds. The largest absolute Gasteiger partial charge is 0.494 e. The number of carbonyl (C=O) groups is 1. The number of hydrogen-bond acceptors (Lipinski definition) is 3. The molecule has 4 nitrogen and oxygen atoms in total. The van der Waals surface area contributed by atoms with Crippen molar-refractivity contribution in [3.05, 3.63) is 60.2 Å². The Hall–Kier alpha value is -2.49. The minimum atomic E-state index is -0.936. The molecule has 2 aromatic carbocycles. The first kappa shape index (κ1) is 19.8. The molecule has 1 atom stereocenters. The van der Waals surface area contributed by atoms with Crippen LogP contribution in [0, 0.1) is 0 Å². The van der Waals surface area contributed by atoms with E-state index in [9.17, 15) is 9.90 Å². The number of carboxylic acids is 1. The maximum absolute atomic E-state index is 11.5. The zero-order valence-electron chi connectivity index (χ0n) is 15.8. The van der Waals surface area contributed by atoms with E-state index < -0.39 is 12.1 Å². The lowest BCUT2D eigenvalue weighted by molar-refractivity contribution is -0.145. The summed E-state index contributed by atoms with van der Waals surface area (Å²) in [6, 6.07) is 17.3. The quantitative estimate of drug-likeness (QED) is 0.638. The monoisotopic (exact) mass is 356 g/mol. The van der Waals surface area contributed by atoms with Gasteiger partial charge in [0.15, 0.2) is 6.10 Å². The van der Waals surface area contributed by atoms with Gasteiger partial charge in [0.1, 0.15) is 11.5 Å². The lowest BCUT2D eigenvalue weighted by Crippen LogP contribution is -2.27. The molecular formula is C22H28O4. The number of benzene rings is 2. The van der Waals surface area contributed by atoms with Gasteiger partial charge in [-0.3, -0.25) is 0 Å². The Labute approximate surface area is 155 Å². The second kappa shape index (κ2) is 9.27. The summed E-state index contributed by atoms with van der Waals surface area (Å²) < 4.78 is 11.3. The standard InChI is InChI=1S/C22H28O4/c1-22(2,3)17-12-14-19(15-13-17)26-20(21(23)24)11-7-8-16-25-18-9-5-4-6-10-18/h4-6,9-10,12-15,20H,7-8,11,16H2,1-3H3,(H,23,24). The van der Waals surface area contributed by atoms with Crippen LogP contribution in [0.2, 0.25) is 0 Å². The fourth-order valence-electron chi connectivity index (χ4n) is 2.57. The highest BCUT2D eigenvalue weighted by atomic mass is 16.5. The van der Waals surface area contributed by atoms with Crippen molar-refractivity contribution >= 4 is 5.97 Å². The minimum absolute atomic E-state index is 0.0590. The van der Waals surface area contributed by atoms with Crippen LogP contribution in [0.4, 0.5) is 0 Å². The predicted octanol–water partition coefficient (Wildman–Crippen LogP) is 5.07. The molecule has 0 heterocycles. The predicted molar refractivity (Wildman–Crippen MR) is 103 cm³/mol. The normalized spacial score (nSPS) is 12.4. The van der Waals surface area contributed by atoms with Crippen molar-refractivity contribution in [2.75, 3.05) is 6.61 Å². The van der Waals surface area contributed by atoms with E-state index in [2.05, 4.69) is 20.8 Å². The zero-order chi connectivity index (χ0) is 19.0.